The number of aryl methyl sites for hydroxylation is 3. The molecule has 2 aromatic carbocycles. The number of fused-ring (bicyclic) bond motifs is 1. The molecule has 0 atom stereocenters. The summed E-state index contributed by atoms with van der Waals surface area (Å²) >= 11 is 15.9. The van der Waals surface area contributed by atoms with Gasteiger partial charge in [-0.15, -0.1) is 0 Å². The van der Waals surface area contributed by atoms with Crippen LogP contribution in [0.5, 0.6) is 5.75 Å². The number of esters is 1. The summed E-state index contributed by atoms with van der Waals surface area (Å²) in [6.45, 7) is 4.43. The maximum absolute atomic E-state index is 12.2. The molecule has 0 saturated carbocycles. The van der Waals surface area contributed by atoms with E-state index in [1.165, 1.54) is 7.11 Å². The number of methoxy groups -OCH3 is 1. The topological polar surface area (TPSA) is 51.3 Å². The standard InChI is InChI=1S/C21H20BrCl2NO3/c1-11-9-13(10-12(2)18(11)24)28-8-4-5-14-15-6-7-16(23)17(22)19(15)25-20(14)21(26)27-3/h6-7,9-10,25H,4-5,8H2,1-3H3. The predicted octanol–water partition coefficient (Wildman–Crippen LogP) is 6.65. The highest BCUT2D eigenvalue weighted by Gasteiger charge is 2.20. The molecule has 7 heteroatoms. The fourth-order valence-corrected chi connectivity index (χ4v) is 3.94. The largest absolute Gasteiger partial charge is 0.494 e. The van der Waals surface area contributed by atoms with Gasteiger partial charge in [0.2, 0.25) is 0 Å². The van der Waals surface area contributed by atoms with Crippen molar-refractivity contribution in [1.29, 1.82) is 0 Å². The monoisotopic (exact) mass is 483 g/mol. The van der Waals surface area contributed by atoms with E-state index in [0.717, 1.165) is 49.3 Å². The van der Waals surface area contributed by atoms with E-state index in [0.29, 0.717) is 23.7 Å². The van der Waals surface area contributed by atoms with Crippen LogP contribution in [0.15, 0.2) is 28.7 Å². The maximum atomic E-state index is 12.2. The van der Waals surface area contributed by atoms with E-state index in [-0.39, 0.29) is 0 Å². The molecular formula is C21H20BrCl2NO3. The van der Waals surface area contributed by atoms with Gasteiger partial charge in [-0.1, -0.05) is 29.3 Å². The van der Waals surface area contributed by atoms with E-state index < -0.39 is 5.97 Å². The average Bonchev–Trinajstić information content (AvgIpc) is 3.04. The number of halogens is 3. The summed E-state index contributed by atoms with van der Waals surface area (Å²) in [5, 5.41) is 2.28. The normalized spacial score (nSPS) is 11.1. The molecule has 0 unspecified atom stereocenters. The van der Waals surface area contributed by atoms with Gasteiger partial charge in [-0.25, -0.2) is 4.79 Å². The number of rotatable bonds is 6. The number of aromatic amines is 1. The Morgan fingerprint density at radius 2 is 1.86 bits per heavy atom. The number of H-pyrrole nitrogens is 1. The van der Waals surface area contributed by atoms with Gasteiger partial charge in [-0.05, 0) is 77.5 Å². The summed E-state index contributed by atoms with van der Waals surface area (Å²) in [6, 6.07) is 7.58. The van der Waals surface area contributed by atoms with E-state index in [9.17, 15) is 4.79 Å². The first-order valence-electron chi connectivity index (χ1n) is 8.80. The third-order valence-electron chi connectivity index (χ3n) is 4.61. The average molecular weight is 485 g/mol. The molecular weight excluding hydrogens is 465 g/mol. The van der Waals surface area contributed by atoms with Crippen molar-refractivity contribution in [2.45, 2.75) is 26.7 Å². The van der Waals surface area contributed by atoms with Crippen LogP contribution >= 0.6 is 39.1 Å². The summed E-state index contributed by atoms with van der Waals surface area (Å²) in [6.07, 6.45) is 1.39. The Kier molecular flexibility index (Phi) is 6.58. The van der Waals surface area contributed by atoms with Crippen LogP contribution in [-0.2, 0) is 11.2 Å². The van der Waals surface area contributed by atoms with Crippen LogP contribution in [0.2, 0.25) is 10.0 Å². The second-order valence-electron chi connectivity index (χ2n) is 6.58. The number of carbonyl (C=O) groups is 1. The van der Waals surface area contributed by atoms with Crippen molar-refractivity contribution in [2.24, 2.45) is 0 Å². The molecule has 0 aliphatic heterocycles. The molecule has 148 valence electrons. The summed E-state index contributed by atoms with van der Waals surface area (Å²) in [5.41, 5.74) is 4.10. The van der Waals surface area contributed by atoms with E-state index in [1.54, 1.807) is 0 Å². The van der Waals surface area contributed by atoms with E-state index >= 15 is 0 Å². The Labute approximate surface area is 182 Å². The second kappa shape index (κ2) is 8.76. The molecule has 1 heterocycles. The van der Waals surface area contributed by atoms with Crippen LogP contribution in [0.1, 0.15) is 33.6 Å². The second-order valence-corrected chi connectivity index (χ2v) is 8.16. The smallest absolute Gasteiger partial charge is 0.354 e. The predicted molar refractivity (Wildman–Crippen MR) is 117 cm³/mol. The number of ether oxygens (including phenoxy) is 2. The SMILES string of the molecule is COC(=O)c1[nH]c2c(Br)c(Cl)ccc2c1CCCOc1cc(C)c(Cl)c(C)c1. The molecule has 0 radical (unpaired) electrons. The van der Waals surface area contributed by atoms with Gasteiger partial charge in [0, 0.05) is 10.4 Å². The third-order valence-corrected chi connectivity index (χ3v) is 6.57. The zero-order valence-corrected chi connectivity index (χ0v) is 18.9. The Hall–Kier alpha value is -1.69. The van der Waals surface area contributed by atoms with Crippen molar-refractivity contribution in [1.82, 2.24) is 4.98 Å². The minimum Gasteiger partial charge on any atom is -0.494 e. The van der Waals surface area contributed by atoms with Crippen molar-refractivity contribution >= 4 is 56.0 Å². The van der Waals surface area contributed by atoms with Crippen molar-refractivity contribution in [3.05, 3.63) is 61.2 Å². The van der Waals surface area contributed by atoms with Crippen molar-refractivity contribution < 1.29 is 14.3 Å². The lowest BCUT2D eigenvalue weighted by Crippen LogP contribution is -2.07. The highest BCUT2D eigenvalue weighted by Crippen LogP contribution is 2.34. The van der Waals surface area contributed by atoms with Crippen molar-refractivity contribution in [3.63, 3.8) is 0 Å². The quantitative estimate of drug-likeness (QED) is 0.314. The van der Waals surface area contributed by atoms with Gasteiger partial charge in [0.25, 0.3) is 0 Å². The molecule has 1 aromatic heterocycles. The Morgan fingerprint density at radius 3 is 2.50 bits per heavy atom. The molecule has 4 nitrogen and oxygen atoms in total. The molecule has 1 N–H and O–H groups in total. The van der Waals surface area contributed by atoms with Gasteiger partial charge in [0.1, 0.15) is 11.4 Å². The van der Waals surface area contributed by atoms with Crippen LogP contribution in [0.25, 0.3) is 10.9 Å². The first kappa shape index (κ1) is 21.0. The number of carbonyl (C=O) groups excluding carboxylic acids is 1. The molecule has 0 aliphatic rings. The zero-order valence-electron chi connectivity index (χ0n) is 15.8. The fourth-order valence-electron chi connectivity index (χ4n) is 3.22. The first-order valence-corrected chi connectivity index (χ1v) is 10.3. The van der Waals surface area contributed by atoms with Crippen molar-refractivity contribution in [3.8, 4) is 5.75 Å². The summed E-state index contributed by atoms with van der Waals surface area (Å²) in [4.78, 5) is 15.4. The molecule has 0 fully saturated rings. The first-order chi connectivity index (χ1) is 13.3. The zero-order chi connectivity index (χ0) is 20.4. The minimum atomic E-state index is -0.404. The van der Waals surface area contributed by atoms with Crippen LogP contribution in [0.4, 0.5) is 0 Å². The maximum Gasteiger partial charge on any atom is 0.354 e. The van der Waals surface area contributed by atoms with Gasteiger partial charge >= 0.3 is 5.97 Å². The van der Waals surface area contributed by atoms with Gasteiger partial charge in [-0.3, -0.25) is 0 Å². The molecule has 3 rings (SSSR count). The van der Waals surface area contributed by atoms with Crippen LogP contribution in [-0.4, -0.2) is 24.7 Å². The fraction of sp³-hybridized carbons (Fsp3) is 0.286. The molecule has 0 amide bonds. The molecule has 0 aliphatic carbocycles. The number of aromatic nitrogens is 1. The summed E-state index contributed by atoms with van der Waals surface area (Å²) in [5.74, 6) is 0.389. The lowest BCUT2D eigenvalue weighted by atomic mass is 10.1. The van der Waals surface area contributed by atoms with Crippen molar-refractivity contribution in [2.75, 3.05) is 13.7 Å². The van der Waals surface area contributed by atoms with Gasteiger partial charge in [0.05, 0.1) is 28.7 Å². The number of nitrogens with one attached hydrogen (secondary N) is 1. The summed E-state index contributed by atoms with van der Waals surface area (Å²) in [7, 11) is 1.37. The molecule has 28 heavy (non-hydrogen) atoms. The van der Waals surface area contributed by atoms with Crippen LogP contribution in [0.3, 0.4) is 0 Å². The minimum absolute atomic E-state index is 0.404. The number of hydrogen-bond acceptors (Lipinski definition) is 3. The lowest BCUT2D eigenvalue weighted by molar-refractivity contribution is 0.0593. The number of hydrogen-bond donors (Lipinski definition) is 1. The van der Waals surface area contributed by atoms with E-state index in [2.05, 4.69) is 20.9 Å². The molecule has 3 aromatic rings. The van der Waals surface area contributed by atoms with Gasteiger partial charge in [0.15, 0.2) is 0 Å². The van der Waals surface area contributed by atoms with Gasteiger partial charge in [-0.2, -0.15) is 0 Å². The Balaban J connectivity index is 1.78. The Bertz CT molecular complexity index is 1020. The van der Waals surface area contributed by atoms with E-state index in [4.69, 9.17) is 32.7 Å². The molecule has 0 saturated heterocycles. The highest BCUT2D eigenvalue weighted by molar-refractivity contribution is 9.10. The van der Waals surface area contributed by atoms with Crippen LogP contribution < -0.4 is 4.74 Å². The van der Waals surface area contributed by atoms with Gasteiger partial charge < -0.3 is 14.5 Å². The third kappa shape index (κ3) is 4.17. The molecule has 0 spiro atoms. The van der Waals surface area contributed by atoms with E-state index in [1.807, 2.05) is 38.1 Å². The summed E-state index contributed by atoms with van der Waals surface area (Å²) < 4.78 is 11.5. The van der Waals surface area contributed by atoms with Crippen LogP contribution in [0, 0.1) is 13.8 Å². The number of benzene rings is 2. The highest BCUT2D eigenvalue weighted by atomic mass is 79.9. The molecule has 0 bridgehead atoms. The lowest BCUT2D eigenvalue weighted by Gasteiger charge is -2.10. The Morgan fingerprint density at radius 1 is 1.18 bits per heavy atom.